The number of benzene rings is 2. The Labute approximate surface area is 143 Å². The van der Waals surface area contributed by atoms with E-state index in [0.29, 0.717) is 23.0 Å². The summed E-state index contributed by atoms with van der Waals surface area (Å²) < 4.78 is 14.6. The fourth-order valence-corrected chi connectivity index (χ4v) is 2.56. The van der Waals surface area contributed by atoms with Crippen molar-refractivity contribution in [3.63, 3.8) is 0 Å². The number of para-hydroxylation sites is 1. The highest BCUT2D eigenvalue weighted by Crippen LogP contribution is 2.10. The molecule has 0 aliphatic rings. The number of hydrazine groups is 1. The van der Waals surface area contributed by atoms with Gasteiger partial charge in [0.05, 0.1) is 17.3 Å². The summed E-state index contributed by atoms with van der Waals surface area (Å²) >= 11 is 0. The molecule has 0 saturated heterocycles. The van der Waals surface area contributed by atoms with E-state index >= 15 is 0 Å². The molecule has 7 heteroatoms. The molecule has 0 aliphatic carbocycles. The van der Waals surface area contributed by atoms with Crippen LogP contribution >= 0.6 is 0 Å². The van der Waals surface area contributed by atoms with Crippen LogP contribution in [0.4, 0.5) is 10.3 Å². The number of fused-ring (bicyclic) bond motifs is 1. The Bertz CT molecular complexity index is 984. The van der Waals surface area contributed by atoms with Crippen LogP contribution in [0, 0.1) is 5.82 Å². The van der Waals surface area contributed by atoms with Crippen LogP contribution in [0.25, 0.3) is 10.9 Å². The summed E-state index contributed by atoms with van der Waals surface area (Å²) in [5.41, 5.74) is 6.10. The van der Waals surface area contributed by atoms with Gasteiger partial charge in [-0.3, -0.25) is 25.0 Å². The second-order valence-corrected chi connectivity index (χ2v) is 5.48. The zero-order chi connectivity index (χ0) is 17.8. The molecule has 2 N–H and O–H groups in total. The first-order chi connectivity index (χ1) is 12.1. The van der Waals surface area contributed by atoms with Crippen molar-refractivity contribution in [2.45, 2.75) is 19.9 Å². The Kier molecular flexibility index (Phi) is 4.74. The lowest BCUT2D eigenvalue weighted by molar-refractivity contribution is -0.119. The van der Waals surface area contributed by atoms with E-state index in [1.807, 2.05) is 6.92 Å². The topological polar surface area (TPSA) is 76.0 Å². The number of hydrogen-bond acceptors (Lipinski definition) is 4. The standard InChI is InChI=1S/C18H17FN4O2/c1-2-23-17(25)14-8-3-4-9-15(14)20-18(23)22-21-16(24)11-12-6-5-7-13(19)10-12/h3-10H,2,11H2,1H3,(H,20,22)(H,21,24). The number of rotatable bonds is 5. The maximum atomic E-state index is 13.2. The Hall–Kier alpha value is -3.22. The summed E-state index contributed by atoms with van der Waals surface area (Å²) in [4.78, 5) is 28.9. The van der Waals surface area contributed by atoms with Crippen molar-refractivity contribution in [2.24, 2.45) is 0 Å². The first kappa shape index (κ1) is 16.6. The molecular weight excluding hydrogens is 323 g/mol. The summed E-state index contributed by atoms with van der Waals surface area (Å²) in [6.07, 6.45) is 0.00863. The summed E-state index contributed by atoms with van der Waals surface area (Å²) in [5.74, 6) is -0.510. The minimum atomic E-state index is -0.394. The number of aromatic nitrogens is 2. The third-order valence-electron chi connectivity index (χ3n) is 3.75. The van der Waals surface area contributed by atoms with Gasteiger partial charge in [-0.15, -0.1) is 0 Å². The maximum absolute atomic E-state index is 13.2. The molecule has 0 unspecified atom stereocenters. The van der Waals surface area contributed by atoms with Crippen LogP contribution < -0.4 is 16.4 Å². The minimum absolute atomic E-state index is 0.00863. The third-order valence-corrected chi connectivity index (χ3v) is 3.75. The molecule has 1 aromatic heterocycles. The van der Waals surface area contributed by atoms with Crippen LogP contribution in [0.3, 0.4) is 0 Å². The highest BCUT2D eigenvalue weighted by Gasteiger charge is 2.10. The molecule has 2 aromatic carbocycles. The molecule has 0 bridgehead atoms. The highest BCUT2D eigenvalue weighted by atomic mass is 19.1. The minimum Gasteiger partial charge on any atom is -0.277 e. The molecule has 0 aliphatic heterocycles. The number of nitrogens with one attached hydrogen (secondary N) is 2. The maximum Gasteiger partial charge on any atom is 0.262 e. The fraction of sp³-hybridized carbons (Fsp3) is 0.167. The number of nitrogens with zero attached hydrogens (tertiary/aromatic N) is 2. The van der Waals surface area contributed by atoms with Crippen LogP contribution in [-0.2, 0) is 17.8 Å². The SMILES string of the molecule is CCn1c(NNC(=O)Cc2cccc(F)c2)nc2ccccc2c1=O. The predicted molar refractivity (Wildman–Crippen MR) is 93.5 cm³/mol. The molecule has 0 radical (unpaired) electrons. The number of anilines is 1. The van der Waals surface area contributed by atoms with Gasteiger partial charge in [0.15, 0.2) is 0 Å². The lowest BCUT2D eigenvalue weighted by atomic mass is 10.1. The van der Waals surface area contributed by atoms with Gasteiger partial charge < -0.3 is 0 Å². The van der Waals surface area contributed by atoms with Crippen molar-refractivity contribution < 1.29 is 9.18 Å². The number of carbonyl (C=O) groups is 1. The largest absolute Gasteiger partial charge is 0.277 e. The molecule has 0 saturated carbocycles. The molecule has 128 valence electrons. The molecule has 25 heavy (non-hydrogen) atoms. The Morgan fingerprint density at radius 3 is 2.76 bits per heavy atom. The van der Waals surface area contributed by atoms with E-state index in [0.717, 1.165) is 0 Å². The number of carbonyl (C=O) groups excluding carboxylic acids is 1. The van der Waals surface area contributed by atoms with Gasteiger partial charge in [0, 0.05) is 6.54 Å². The van der Waals surface area contributed by atoms with Crippen molar-refractivity contribution in [3.05, 3.63) is 70.3 Å². The van der Waals surface area contributed by atoms with Gasteiger partial charge in [0.25, 0.3) is 5.56 Å². The zero-order valence-electron chi connectivity index (χ0n) is 13.6. The van der Waals surface area contributed by atoms with E-state index in [2.05, 4.69) is 15.8 Å². The summed E-state index contributed by atoms with van der Waals surface area (Å²) in [6.45, 7) is 2.22. The molecule has 1 amide bonds. The smallest absolute Gasteiger partial charge is 0.262 e. The molecule has 0 atom stereocenters. The molecule has 0 spiro atoms. The highest BCUT2D eigenvalue weighted by molar-refractivity contribution is 5.81. The second-order valence-electron chi connectivity index (χ2n) is 5.48. The molecule has 1 heterocycles. The van der Waals surface area contributed by atoms with Crippen LogP contribution in [0.5, 0.6) is 0 Å². The van der Waals surface area contributed by atoms with Crippen LogP contribution in [0.15, 0.2) is 53.3 Å². The quantitative estimate of drug-likeness (QED) is 0.699. The monoisotopic (exact) mass is 340 g/mol. The van der Waals surface area contributed by atoms with Gasteiger partial charge in [-0.25, -0.2) is 9.37 Å². The number of amides is 1. The van der Waals surface area contributed by atoms with Gasteiger partial charge in [-0.05, 0) is 36.8 Å². The number of halogens is 1. The molecule has 6 nitrogen and oxygen atoms in total. The van der Waals surface area contributed by atoms with Crippen molar-refractivity contribution in [3.8, 4) is 0 Å². The van der Waals surface area contributed by atoms with Crippen molar-refractivity contribution >= 4 is 22.8 Å². The van der Waals surface area contributed by atoms with Gasteiger partial charge in [-0.2, -0.15) is 0 Å². The van der Waals surface area contributed by atoms with E-state index in [4.69, 9.17) is 0 Å². The lowest BCUT2D eigenvalue weighted by Gasteiger charge is -2.14. The summed E-state index contributed by atoms with van der Waals surface area (Å²) in [7, 11) is 0. The zero-order valence-corrected chi connectivity index (χ0v) is 13.6. The molecule has 3 aromatic rings. The Morgan fingerprint density at radius 1 is 1.20 bits per heavy atom. The average Bonchev–Trinajstić information content (AvgIpc) is 2.60. The summed E-state index contributed by atoms with van der Waals surface area (Å²) in [5, 5.41) is 0.515. The second kappa shape index (κ2) is 7.12. The van der Waals surface area contributed by atoms with Gasteiger partial charge in [0.2, 0.25) is 11.9 Å². The van der Waals surface area contributed by atoms with E-state index < -0.39 is 5.82 Å². The van der Waals surface area contributed by atoms with E-state index in [1.54, 1.807) is 36.4 Å². The van der Waals surface area contributed by atoms with Gasteiger partial charge in [-0.1, -0.05) is 24.3 Å². The predicted octanol–water partition coefficient (Wildman–Crippen LogP) is 2.24. The van der Waals surface area contributed by atoms with Gasteiger partial charge in [0.1, 0.15) is 5.82 Å². The van der Waals surface area contributed by atoms with E-state index in [9.17, 15) is 14.0 Å². The van der Waals surface area contributed by atoms with Gasteiger partial charge >= 0.3 is 0 Å². The van der Waals surface area contributed by atoms with Crippen molar-refractivity contribution in [1.82, 2.24) is 15.0 Å². The average molecular weight is 340 g/mol. The van der Waals surface area contributed by atoms with E-state index in [-0.39, 0.29) is 23.8 Å². The lowest BCUT2D eigenvalue weighted by Crippen LogP contribution is -2.35. The molecule has 3 rings (SSSR count). The van der Waals surface area contributed by atoms with Crippen LogP contribution in [0.2, 0.25) is 0 Å². The van der Waals surface area contributed by atoms with Crippen molar-refractivity contribution in [2.75, 3.05) is 5.43 Å². The van der Waals surface area contributed by atoms with Crippen LogP contribution in [0.1, 0.15) is 12.5 Å². The Balaban J connectivity index is 1.78. The van der Waals surface area contributed by atoms with Crippen molar-refractivity contribution in [1.29, 1.82) is 0 Å². The molecular formula is C18H17FN4O2. The fourth-order valence-electron chi connectivity index (χ4n) is 2.56. The number of hydrogen-bond donors (Lipinski definition) is 2. The molecule has 0 fully saturated rings. The third kappa shape index (κ3) is 3.65. The first-order valence-electron chi connectivity index (χ1n) is 7.87. The normalized spacial score (nSPS) is 10.6. The summed E-state index contributed by atoms with van der Waals surface area (Å²) in [6, 6.07) is 12.8. The first-order valence-corrected chi connectivity index (χ1v) is 7.87. The Morgan fingerprint density at radius 2 is 2.00 bits per heavy atom. The van der Waals surface area contributed by atoms with E-state index in [1.165, 1.54) is 16.7 Å². The van der Waals surface area contributed by atoms with Crippen LogP contribution in [-0.4, -0.2) is 15.5 Å².